The van der Waals surface area contributed by atoms with Gasteiger partial charge in [-0.15, -0.1) is 0 Å². The van der Waals surface area contributed by atoms with Gasteiger partial charge in [0, 0.05) is 33.4 Å². The second-order valence-corrected chi connectivity index (χ2v) is 8.31. The number of fused-ring (bicyclic) bond motifs is 2. The molecule has 2 heterocycles. The Balaban J connectivity index is 1.76. The molecule has 0 aromatic heterocycles. The molecule has 37 heavy (non-hydrogen) atoms. The van der Waals surface area contributed by atoms with Crippen molar-refractivity contribution in [2.24, 2.45) is 9.98 Å². The first-order chi connectivity index (χ1) is 18.0. The second kappa shape index (κ2) is 8.94. The van der Waals surface area contributed by atoms with Crippen LogP contribution < -0.4 is 0 Å². The number of aliphatic imine (C=N–C) groups is 2. The lowest BCUT2D eigenvalue weighted by Gasteiger charge is -2.08. The molecule has 0 atom stereocenters. The maximum Gasteiger partial charge on any atom is 0.139 e. The first kappa shape index (κ1) is 22.7. The lowest BCUT2D eigenvalue weighted by Crippen LogP contribution is -2.02. The fourth-order valence-corrected chi connectivity index (χ4v) is 4.38. The zero-order chi connectivity index (χ0) is 26.1. The minimum atomic E-state index is -0.104. The van der Waals surface area contributed by atoms with Crippen molar-refractivity contribution in [2.45, 2.75) is 6.92 Å². The topological polar surface area (TPSA) is 144 Å². The van der Waals surface area contributed by atoms with E-state index in [4.69, 9.17) is 15.2 Å². The molecule has 3 aromatic carbocycles. The standard InChI is InChI=1S/C30H13N7/c1-17-2-6-19(7-3-17)29-27(21(13-32)14-33)23-10-26-24(11-25(23)36-29)28(22(15-34)16-35)30(37-26)20-8-4-18(12-31)5-9-20/h2-11H,1H3. The average Bonchev–Trinajstić information content (AvgIpc) is 3.48. The molecule has 0 fully saturated rings. The van der Waals surface area contributed by atoms with E-state index in [0.717, 1.165) is 11.1 Å². The molecule has 5 rings (SSSR count). The fraction of sp³-hybridized carbons (Fsp3) is 0.0333. The molecule has 0 unspecified atom stereocenters. The molecular formula is C30H13N7. The van der Waals surface area contributed by atoms with Crippen LogP contribution in [0.5, 0.6) is 0 Å². The lowest BCUT2D eigenvalue weighted by molar-refractivity contribution is 1.45. The van der Waals surface area contributed by atoms with Gasteiger partial charge in [-0.05, 0) is 31.2 Å². The maximum absolute atomic E-state index is 9.71. The summed E-state index contributed by atoms with van der Waals surface area (Å²) in [4.78, 5) is 9.52. The number of rotatable bonds is 2. The van der Waals surface area contributed by atoms with Gasteiger partial charge in [-0.25, -0.2) is 9.98 Å². The molecule has 2 aliphatic rings. The van der Waals surface area contributed by atoms with E-state index in [1.54, 1.807) is 36.4 Å². The van der Waals surface area contributed by atoms with Crippen LogP contribution >= 0.6 is 0 Å². The predicted octanol–water partition coefficient (Wildman–Crippen LogP) is 5.74. The van der Waals surface area contributed by atoms with E-state index >= 15 is 0 Å². The molecule has 2 aliphatic heterocycles. The summed E-state index contributed by atoms with van der Waals surface area (Å²) in [6.45, 7) is 1.96. The van der Waals surface area contributed by atoms with Gasteiger partial charge in [0.25, 0.3) is 0 Å². The number of nitrogens with zero attached hydrogens (tertiary/aromatic N) is 7. The minimum Gasteiger partial charge on any atom is -0.247 e. The molecule has 0 bridgehead atoms. The highest BCUT2D eigenvalue weighted by molar-refractivity contribution is 6.40. The fourth-order valence-electron chi connectivity index (χ4n) is 4.38. The maximum atomic E-state index is 9.71. The van der Waals surface area contributed by atoms with E-state index in [0.29, 0.717) is 56.2 Å². The van der Waals surface area contributed by atoms with Crippen LogP contribution in [0.4, 0.5) is 11.4 Å². The summed E-state index contributed by atoms with van der Waals surface area (Å²) >= 11 is 0. The van der Waals surface area contributed by atoms with Gasteiger partial charge in [-0.2, -0.15) is 26.3 Å². The first-order valence-corrected chi connectivity index (χ1v) is 11.1. The third-order valence-electron chi connectivity index (χ3n) is 6.15. The Kier molecular flexibility index (Phi) is 5.49. The third kappa shape index (κ3) is 3.65. The predicted molar refractivity (Wildman–Crippen MR) is 137 cm³/mol. The van der Waals surface area contributed by atoms with Crippen molar-refractivity contribution in [2.75, 3.05) is 0 Å². The Labute approximate surface area is 212 Å². The number of benzene rings is 3. The van der Waals surface area contributed by atoms with Gasteiger partial charge < -0.3 is 0 Å². The summed E-state index contributed by atoms with van der Waals surface area (Å²) in [5.41, 5.74) is 6.60. The summed E-state index contributed by atoms with van der Waals surface area (Å²) in [6, 6.07) is 27.8. The van der Waals surface area contributed by atoms with Gasteiger partial charge in [-0.3, -0.25) is 0 Å². The monoisotopic (exact) mass is 471 g/mol. The molecule has 7 heteroatoms. The van der Waals surface area contributed by atoms with Crippen LogP contribution in [0.1, 0.15) is 33.4 Å². The average molecular weight is 471 g/mol. The van der Waals surface area contributed by atoms with Crippen molar-refractivity contribution in [1.82, 2.24) is 0 Å². The summed E-state index contributed by atoms with van der Waals surface area (Å²) in [5, 5.41) is 48.0. The Hall–Kier alpha value is -6.07. The van der Waals surface area contributed by atoms with E-state index in [9.17, 15) is 21.0 Å². The van der Waals surface area contributed by atoms with Crippen LogP contribution in [0.2, 0.25) is 0 Å². The SMILES string of the molecule is Cc1ccc(C2=Nc3cc4c(cc3C2=C(C#N)C#N)N=C(c2ccc(C#N)cc2)C4=C(C#N)C#N)cc1. The summed E-state index contributed by atoms with van der Waals surface area (Å²) in [7, 11) is 0. The minimum absolute atomic E-state index is 0.0715. The van der Waals surface area contributed by atoms with Crippen LogP contribution in [0.15, 0.2) is 81.8 Å². The van der Waals surface area contributed by atoms with Crippen molar-refractivity contribution in [3.05, 3.63) is 105 Å². The summed E-state index contributed by atoms with van der Waals surface area (Å²) in [5.74, 6) is 0. The number of allylic oxidation sites excluding steroid dienone is 4. The van der Waals surface area contributed by atoms with Crippen LogP contribution in [0, 0.1) is 63.6 Å². The van der Waals surface area contributed by atoms with Gasteiger partial charge in [0.15, 0.2) is 0 Å². The van der Waals surface area contributed by atoms with E-state index < -0.39 is 0 Å². The normalized spacial score (nSPS) is 12.5. The number of nitriles is 5. The lowest BCUT2D eigenvalue weighted by atomic mass is 9.90. The molecule has 0 saturated carbocycles. The number of hydrogen-bond acceptors (Lipinski definition) is 7. The van der Waals surface area contributed by atoms with Crippen LogP contribution in [-0.4, -0.2) is 11.4 Å². The zero-order valence-corrected chi connectivity index (χ0v) is 19.4. The molecular weight excluding hydrogens is 458 g/mol. The highest BCUT2D eigenvalue weighted by Gasteiger charge is 2.32. The number of hydrogen-bond donors (Lipinski definition) is 0. The van der Waals surface area contributed by atoms with Crippen LogP contribution in [0.3, 0.4) is 0 Å². The molecule has 0 spiro atoms. The highest BCUT2D eigenvalue weighted by atomic mass is 14.8. The van der Waals surface area contributed by atoms with Gasteiger partial charge in [0.05, 0.1) is 34.4 Å². The Morgan fingerprint density at radius 3 is 1.38 bits per heavy atom. The largest absolute Gasteiger partial charge is 0.247 e. The molecule has 3 aromatic rings. The Morgan fingerprint density at radius 2 is 1.00 bits per heavy atom. The van der Waals surface area contributed by atoms with Gasteiger partial charge in [0.1, 0.15) is 35.4 Å². The summed E-state index contributed by atoms with van der Waals surface area (Å²) < 4.78 is 0. The summed E-state index contributed by atoms with van der Waals surface area (Å²) in [6.07, 6.45) is 0. The van der Waals surface area contributed by atoms with E-state index in [1.165, 1.54) is 0 Å². The molecule has 0 aliphatic carbocycles. The molecule has 0 N–H and O–H groups in total. The molecule has 7 nitrogen and oxygen atoms in total. The van der Waals surface area contributed by atoms with Gasteiger partial charge in [0.2, 0.25) is 0 Å². The Bertz CT molecular complexity index is 1820. The van der Waals surface area contributed by atoms with Crippen LogP contribution in [0.25, 0.3) is 11.1 Å². The van der Waals surface area contributed by atoms with E-state index in [1.807, 2.05) is 55.5 Å². The van der Waals surface area contributed by atoms with Gasteiger partial charge >= 0.3 is 0 Å². The van der Waals surface area contributed by atoms with Crippen molar-refractivity contribution >= 4 is 33.9 Å². The van der Waals surface area contributed by atoms with E-state index in [2.05, 4.69) is 6.07 Å². The van der Waals surface area contributed by atoms with Crippen molar-refractivity contribution in [3.63, 3.8) is 0 Å². The first-order valence-electron chi connectivity index (χ1n) is 11.1. The quantitative estimate of drug-likeness (QED) is 0.438. The second-order valence-electron chi connectivity index (χ2n) is 8.31. The van der Waals surface area contributed by atoms with Crippen molar-refractivity contribution in [3.8, 4) is 30.3 Å². The third-order valence-corrected chi connectivity index (χ3v) is 6.15. The van der Waals surface area contributed by atoms with Crippen LogP contribution in [-0.2, 0) is 0 Å². The van der Waals surface area contributed by atoms with Gasteiger partial charge in [-0.1, -0.05) is 42.0 Å². The molecule has 168 valence electrons. The zero-order valence-electron chi connectivity index (χ0n) is 19.4. The number of aryl methyl sites for hydroxylation is 1. The van der Waals surface area contributed by atoms with E-state index in [-0.39, 0.29) is 11.1 Å². The Morgan fingerprint density at radius 1 is 0.595 bits per heavy atom. The van der Waals surface area contributed by atoms with Crippen molar-refractivity contribution in [1.29, 1.82) is 26.3 Å². The molecule has 0 saturated heterocycles. The molecule has 0 amide bonds. The molecule has 0 radical (unpaired) electrons. The smallest absolute Gasteiger partial charge is 0.139 e. The highest BCUT2D eigenvalue weighted by Crippen LogP contribution is 2.47. The van der Waals surface area contributed by atoms with Crippen molar-refractivity contribution < 1.29 is 0 Å².